The number of amides is 1. The predicted molar refractivity (Wildman–Crippen MR) is 198 cm³/mol. The Kier molecular flexibility index (Phi) is 34.5. The fourth-order valence-electron chi connectivity index (χ4n) is 5.84. The van der Waals surface area contributed by atoms with E-state index < -0.39 is 20.0 Å². The maximum absolute atomic E-state index is 12.7. The van der Waals surface area contributed by atoms with Gasteiger partial charge in [0.05, 0.1) is 25.4 Å². The van der Waals surface area contributed by atoms with E-state index in [0.29, 0.717) is 6.42 Å². The minimum atomic E-state index is -4.33. The molecule has 3 atom stereocenters. The fraction of sp³-hybridized carbons (Fsp3) is 0.921. The van der Waals surface area contributed by atoms with Gasteiger partial charge in [0.15, 0.2) is 0 Å². The smallest absolute Gasteiger partial charge is 0.387 e. The number of hydrogen-bond acceptors (Lipinski definition) is 6. The molecule has 0 spiro atoms. The van der Waals surface area contributed by atoms with E-state index in [0.717, 1.165) is 38.5 Å². The van der Waals surface area contributed by atoms with Crippen molar-refractivity contribution in [2.45, 2.75) is 206 Å². The van der Waals surface area contributed by atoms with Crippen LogP contribution in [0.4, 0.5) is 0 Å². The molecule has 47 heavy (non-hydrogen) atoms. The van der Waals surface area contributed by atoms with Gasteiger partial charge >= 0.3 is 7.82 Å². The van der Waals surface area contributed by atoms with Crippen LogP contribution in [-0.2, 0) is 18.4 Å². The highest BCUT2D eigenvalue weighted by atomic mass is 31.2. The lowest BCUT2D eigenvalue weighted by molar-refractivity contribution is -0.123. The minimum absolute atomic E-state index is 0.0811. The Morgan fingerprint density at radius 3 is 1.51 bits per heavy atom. The van der Waals surface area contributed by atoms with E-state index in [1.807, 2.05) is 6.08 Å². The van der Waals surface area contributed by atoms with E-state index in [4.69, 9.17) is 14.8 Å². The first-order chi connectivity index (χ1) is 22.9. The molecule has 0 aromatic heterocycles. The number of phosphoric ester groups is 1. The zero-order valence-electron chi connectivity index (χ0n) is 30.8. The summed E-state index contributed by atoms with van der Waals surface area (Å²) in [7, 11) is -4.33. The van der Waals surface area contributed by atoms with Crippen molar-refractivity contribution in [1.82, 2.24) is 5.32 Å². The average molecular weight is 689 g/mol. The van der Waals surface area contributed by atoms with Crippen molar-refractivity contribution in [2.75, 3.05) is 19.8 Å². The van der Waals surface area contributed by atoms with E-state index in [-0.39, 0.29) is 25.7 Å². The number of rotatable bonds is 37. The van der Waals surface area contributed by atoms with E-state index in [2.05, 4.69) is 19.2 Å². The second kappa shape index (κ2) is 35.1. The molecule has 280 valence electrons. The van der Waals surface area contributed by atoms with Crippen molar-refractivity contribution in [1.29, 1.82) is 0 Å². The molecule has 0 aliphatic carbocycles. The number of nitrogens with one attached hydrogen (secondary N) is 1. The number of carbonyl (C=O) groups is 1. The van der Waals surface area contributed by atoms with Crippen LogP contribution in [0.15, 0.2) is 12.2 Å². The number of carbonyl (C=O) groups excluding carboxylic acids is 1. The molecule has 0 radical (unpaired) electrons. The molecule has 0 aromatic carbocycles. The summed E-state index contributed by atoms with van der Waals surface area (Å²) in [5.41, 5.74) is 5.36. The van der Waals surface area contributed by atoms with Crippen LogP contribution >= 0.6 is 7.82 Å². The van der Waals surface area contributed by atoms with E-state index in [1.54, 1.807) is 6.08 Å². The minimum Gasteiger partial charge on any atom is -0.387 e. The van der Waals surface area contributed by atoms with Crippen LogP contribution in [0.1, 0.15) is 194 Å². The number of allylic oxidation sites excluding steroid dienone is 1. The first-order valence-corrected chi connectivity index (χ1v) is 21.3. The second-order valence-corrected chi connectivity index (χ2v) is 15.0. The van der Waals surface area contributed by atoms with Gasteiger partial charge in [0, 0.05) is 13.0 Å². The van der Waals surface area contributed by atoms with Gasteiger partial charge in [0.25, 0.3) is 0 Å². The predicted octanol–water partition coefficient (Wildman–Crippen LogP) is 10.4. The molecule has 0 saturated carbocycles. The molecule has 5 N–H and O–H groups in total. The van der Waals surface area contributed by atoms with Crippen molar-refractivity contribution in [3.05, 3.63) is 12.2 Å². The zero-order chi connectivity index (χ0) is 34.7. The number of nitrogens with two attached hydrogens (primary N) is 1. The van der Waals surface area contributed by atoms with E-state index >= 15 is 0 Å². The summed E-state index contributed by atoms with van der Waals surface area (Å²) >= 11 is 0. The molecular weight excluding hydrogens is 611 g/mol. The molecule has 8 nitrogen and oxygen atoms in total. The number of unbranched alkanes of at least 4 members (excludes halogenated alkanes) is 25. The van der Waals surface area contributed by atoms with Crippen molar-refractivity contribution in [3.63, 3.8) is 0 Å². The maximum atomic E-state index is 12.7. The highest BCUT2D eigenvalue weighted by Crippen LogP contribution is 2.43. The summed E-state index contributed by atoms with van der Waals surface area (Å²) in [6.45, 7) is 4.13. The van der Waals surface area contributed by atoms with Gasteiger partial charge in [-0.05, 0) is 19.3 Å². The first-order valence-electron chi connectivity index (χ1n) is 19.8. The van der Waals surface area contributed by atoms with Crippen molar-refractivity contribution in [2.24, 2.45) is 5.73 Å². The SMILES string of the molecule is CCCCCCCCCCCCCC/C=C/C(O)C(COP(=O)(O)OCCN)NC(=O)CCCCCCCCCCCCCCCC. The Labute approximate surface area is 290 Å². The van der Waals surface area contributed by atoms with Crippen LogP contribution in [0.2, 0.25) is 0 Å². The summed E-state index contributed by atoms with van der Waals surface area (Å²) in [4.78, 5) is 22.6. The number of hydrogen-bond donors (Lipinski definition) is 4. The summed E-state index contributed by atoms with van der Waals surface area (Å²) in [6, 6.07) is -0.852. The highest BCUT2D eigenvalue weighted by Gasteiger charge is 2.26. The molecule has 0 aromatic rings. The van der Waals surface area contributed by atoms with Gasteiger partial charge in [-0.1, -0.05) is 180 Å². The third-order valence-electron chi connectivity index (χ3n) is 8.86. The van der Waals surface area contributed by atoms with Gasteiger partial charge in [-0.25, -0.2) is 4.57 Å². The number of aliphatic hydroxyl groups is 1. The molecule has 0 aliphatic heterocycles. The van der Waals surface area contributed by atoms with Crippen LogP contribution in [0.5, 0.6) is 0 Å². The second-order valence-electron chi connectivity index (χ2n) is 13.5. The average Bonchev–Trinajstić information content (AvgIpc) is 3.05. The van der Waals surface area contributed by atoms with Crippen LogP contribution in [-0.4, -0.2) is 47.8 Å². The lowest BCUT2D eigenvalue weighted by Crippen LogP contribution is -2.45. The molecule has 0 aliphatic rings. The fourth-order valence-corrected chi connectivity index (χ4v) is 6.60. The Balaban J connectivity index is 4.27. The molecule has 1 amide bonds. The molecule has 0 rings (SSSR count). The van der Waals surface area contributed by atoms with E-state index in [1.165, 1.54) is 135 Å². The monoisotopic (exact) mass is 689 g/mol. The third-order valence-corrected chi connectivity index (χ3v) is 9.85. The standard InChI is InChI=1S/C38H77N2O6P/c1-3-5-7-9-11-13-15-17-19-21-23-25-27-29-31-37(41)36(35-46-47(43,44)45-34-33-39)40-38(42)32-30-28-26-24-22-20-18-16-14-12-10-8-6-4-2/h29,31,36-37,41H,3-28,30,32-35,39H2,1-2H3,(H,40,42)(H,43,44)/b31-29+. The van der Waals surface area contributed by atoms with Crippen LogP contribution in [0, 0.1) is 0 Å². The largest absolute Gasteiger partial charge is 0.472 e. The molecule has 9 heteroatoms. The Morgan fingerprint density at radius 2 is 1.09 bits per heavy atom. The molecule has 0 heterocycles. The Morgan fingerprint density at radius 1 is 0.681 bits per heavy atom. The number of phosphoric acid groups is 1. The molecule has 0 bridgehead atoms. The van der Waals surface area contributed by atoms with Crippen LogP contribution < -0.4 is 11.1 Å². The molecule has 3 unspecified atom stereocenters. The first kappa shape index (κ1) is 46.2. The molecule has 0 saturated heterocycles. The van der Waals surface area contributed by atoms with Gasteiger partial charge in [-0.15, -0.1) is 0 Å². The van der Waals surface area contributed by atoms with Gasteiger partial charge in [0.2, 0.25) is 5.91 Å². The van der Waals surface area contributed by atoms with E-state index in [9.17, 15) is 19.4 Å². The van der Waals surface area contributed by atoms with Crippen molar-refractivity contribution >= 4 is 13.7 Å². The van der Waals surface area contributed by atoms with Crippen LogP contribution in [0.3, 0.4) is 0 Å². The van der Waals surface area contributed by atoms with Gasteiger partial charge in [0.1, 0.15) is 0 Å². The Hall–Kier alpha value is -0.760. The van der Waals surface area contributed by atoms with Gasteiger partial charge in [-0.3, -0.25) is 13.8 Å². The van der Waals surface area contributed by atoms with Gasteiger partial charge < -0.3 is 21.1 Å². The maximum Gasteiger partial charge on any atom is 0.472 e. The third kappa shape index (κ3) is 33.5. The molecular formula is C38H77N2O6P. The van der Waals surface area contributed by atoms with Gasteiger partial charge in [-0.2, -0.15) is 0 Å². The summed E-state index contributed by atoms with van der Waals surface area (Å²) < 4.78 is 22.0. The number of aliphatic hydroxyl groups excluding tert-OH is 1. The summed E-state index contributed by atoms with van der Waals surface area (Å²) in [6.07, 6.45) is 36.8. The lowest BCUT2D eigenvalue weighted by Gasteiger charge is -2.23. The van der Waals surface area contributed by atoms with Crippen molar-refractivity contribution in [3.8, 4) is 0 Å². The van der Waals surface area contributed by atoms with Crippen LogP contribution in [0.25, 0.3) is 0 Å². The topological polar surface area (TPSA) is 131 Å². The quantitative estimate of drug-likeness (QED) is 0.0290. The summed E-state index contributed by atoms with van der Waals surface area (Å²) in [5.74, 6) is -0.193. The summed E-state index contributed by atoms with van der Waals surface area (Å²) in [5, 5.41) is 13.6. The Bertz CT molecular complexity index is 754. The van der Waals surface area contributed by atoms with Crippen molar-refractivity contribution < 1.29 is 28.4 Å². The molecule has 0 fully saturated rings. The lowest BCUT2D eigenvalue weighted by atomic mass is 10.0. The highest BCUT2D eigenvalue weighted by molar-refractivity contribution is 7.47. The normalized spacial score (nSPS) is 14.4. The zero-order valence-corrected chi connectivity index (χ0v) is 31.7.